The molecule has 5 nitrogen and oxygen atoms in total. The lowest BCUT2D eigenvalue weighted by molar-refractivity contribution is -0.120. The Bertz CT molecular complexity index is 791. The zero-order valence-corrected chi connectivity index (χ0v) is 11.7. The van der Waals surface area contributed by atoms with Crippen LogP contribution in [0.4, 0.5) is 0 Å². The van der Waals surface area contributed by atoms with Crippen LogP contribution < -0.4 is 11.1 Å². The first-order chi connectivity index (χ1) is 10.6. The Morgan fingerprint density at radius 3 is 2.36 bits per heavy atom. The number of hydrogen-bond acceptors (Lipinski definition) is 2. The molecule has 1 aromatic heterocycles. The molecule has 1 atom stereocenters. The van der Waals surface area contributed by atoms with E-state index < -0.39 is 11.9 Å². The van der Waals surface area contributed by atoms with E-state index in [4.69, 9.17) is 5.73 Å². The van der Waals surface area contributed by atoms with Gasteiger partial charge in [-0.2, -0.15) is 0 Å². The van der Waals surface area contributed by atoms with E-state index >= 15 is 0 Å². The predicted molar refractivity (Wildman–Crippen MR) is 84.1 cm³/mol. The highest BCUT2D eigenvalue weighted by Crippen LogP contribution is 2.17. The highest BCUT2D eigenvalue weighted by molar-refractivity contribution is 6.00. The lowest BCUT2D eigenvalue weighted by atomic mass is 10.1. The van der Waals surface area contributed by atoms with Crippen LogP contribution in [-0.4, -0.2) is 16.8 Å². The third kappa shape index (κ3) is 2.69. The average Bonchev–Trinajstić information content (AvgIpc) is 2.97. The van der Waals surface area contributed by atoms with Crippen LogP contribution in [0.15, 0.2) is 60.7 Å². The second-order valence-corrected chi connectivity index (χ2v) is 4.99. The van der Waals surface area contributed by atoms with E-state index in [0.29, 0.717) is 11.3 Å². The number of aromatic nitrogens is 1. The molecule has 0 aliphatic heterocycles. The first kappa shape index (κ1) is 13.9. The molecule has 0 saturated heterocycles. The van der Waals surface area contributed by atoms with Gasteiger partial charge >= 0.3 is 0 Å². The first-order valence-corrected chi connectivity index (χ1v) is 6.88. The van der Waals surface area contributed by atoms with E-state index in [1.54, 1.807) is 30.3 Å². The van der Waals surface area contributed by atoms with Crippen molar-refractivity contribution >= 4 is 22.7 Å². The number of hydrogen-bond donors (Lipinski definition) is 3. The maximum atomic E-state index is 12.4. The van der Waals surface area contributed by atoms with Gasteiger partial charge in [0.15, 0.2) is 0 Å². The van der Waals surface area contributed by atoms with E-state index in [9.17, 15) is 9.59 Å². The molecule has 110 valence electrons. The molecule has 2 aromatic carbocycles. The van der Waals surface area contributed by atoms with E-state index in [0.717, 1.165) is 10.9 Å². The normalized spacial score (nSPS) is 12.0. The fourth-order valence-corrected chi connectivity index (χ4v) is 2.37. The van der Waals surface area contributed by atoms with Gasteiger partial charge in [0.25, 0.3) is 5.91 Å². The lowest BCUT2D eigenvalue weighted by Gasteiger charge is -2.15. The summed E-state index contributed by atoms with van der Waals surface area (Å²) in [6.45, 7) is 0. The molecule has 1 heterocycles. The molecule has 0 fully saturated rings. The minimum Gasteiger partial charge on any atom is -0.368 e. The van der Waals surface area contributed by atoms with E-state index in [1.165, 1.54) is 0 Å². The van der Waals surface area contributed by atoms with Crippen molar-refractivity contribution in [2.45, 2.75) is 6.04 Å². The third-order valence-electron chi connectivity index (χ3n) is 3.47. The van der Waals surface area contributed by atoms with Gasteiger partial charge < -0.3 is 16.0 Å². The molecular formula is C17H15N3O2. The van der Waals surface area contributed by atoms with Crippen LogP contribution in [0.3, 0.4) is 0 Å². The Labute approximate surface area is 127 Å². The Hall–Kier alpha value is -3.08. The monoisotopic (exact) mass is 293 g/mol. The van der Waals surface area contributed by atoms with Crippen molar-refractivity contribution in [2.75, 3.05) is 0 Å². The molecule has 0 aliphatic carbocycles. The summed E-state index contributed by atoms with van der Waals surface area (Å²) >= 11 is 0. The number of rotatable bonds is 4. The Balaban J connectivity index is 1.86. The van der Waals surface area contributed by atoms with Crippen LogP contribution in [0.5, 0.6) is 0 Å². The summed E-state index contributed by atoms with van der Waals surface area (Å²) in [7, 11) is 0. The summed E-state index contributed by atoms with van der Waals surface area (Å²) in [4.78, 5) is 27.0. The highest BCUT2D eigenvalue weighted by atomic mass is 16.2. The lowest BCUT2D eigenvalue weighted by Crippen LogP contribution is -2.37. The molecule has 0 bridgehead atoms. The SMILES string of the molecule is NC(=O)C(NC(=O)c1cc2ccccc2[nH]1)c1ccccc1. The van der Waals surface area contributed by atoms with E-state index in [2.05, 4.69) is 10.3 Å². The molecule has 0 aliphatic rings. The molecule has 1 unspecified atom stereocenters. The van der Waals surface area contributed by atoms with Gasteiger partial charge in [0.2, 0.25) is 5.91 Å². The first-order valence-electron chi connectivity index (χ1n) is 6.88. The molecule has 0 saturated carbocycles. The van der Waals surface area contributed by atoms with Crippen LogP contribution in [0, 0.1) is 0 Å². The minimum absolute atomic E-state index is 0.371. The molecule has 0 radical (unpaired) electrons. The van der Waals surface area contributed by atoms with Crippen molar-refractivity contribution < 1.29 is 9.59 Å². The van der Waals surface area contributed by atoms with Gasteiger partial charge in [-0.3, -0.25) is 9.59 Å². The molecule has 2 amide bonds. The topological polar surface area (TPSA) is 88.0 Å². The smallest absolute Gasteiger partial charge is 0.268 e. The number of benzene rings is 2. The minimum atomic E-state index is -0.861. The van der Waals surface area contributed by atoms with Crippen molar-refractivity contribution in [3.63, 3.8) is 0 Å². The molecule has 3 rings (SSSR count). The number of carbonyl (C=O) groups excluding carboxylic acids is 2. The zero-order chi connectivity index (χ0) is 15.5. The van der Waals surface area contributed by atoms with E-state index in [-0.39, 0.29) is 5.91 Å². The standard InChI is InChI=1S/C17H15N3O2/c18-16(21)15(11-6-2-1-3-7-11)20-17(22)14-10-12-8-4-5-9-13(12)19-14/h1-10,15,19H,(H2,18,21)(H,20,22). The van der Waals surface area contributed by atoms with E-state index in [1.807, 2.05) is 30.3 Å². The van der Waals surface area contributed by atoms with Crippen LogP contribution in [0.2, 0.25) is 0 Å². The maximum absolute atomic E-state index is 12.4. The Morgan fingerprint density at radius 2 is 1.68 bits per heavy atom. The number of nitrogens with two attached hydrogens (primary N) is 1. The van der Waals surface area contributed by atoms with Gasteiger partial charge in [-0.1, -0.05) is 48.5 Å². The van der Waals surface area contributed by atoms with Gasteiger partial charge in [-0.25, -0.2) is 0 Å². The van der Waals surface area contributed by atoms with Gasteiger partial charge in [0.1, 0.15) is 11.7 Å². The number of primary amides is 1. The third-order valence-corrected chi connectivity index (χ3v) is 3.47. The summed E-state index contributed by atoms with van der Waals surface area (Å²) in [5.74, 6) is -0.973. The Morgan fingerprint density at radius 1 is 1.00 bits per heavy atom. The predicted octanol–water partition coefficient (Wildman–Crippen LogP) is 2.12. The van der Waals surface area contributed by atoms with Crippen molar-refractivity contribution in [1.29, 1.82) is 0 Å². The molecule has 22 heavy (non-hydrogen) atoms. The van der Waals surface area contributed by atoms with Crippen LogP contribution in [-0.2, 0) is 4.79 Å². The molecule has 4 N–H and O–H groups in total. The van der Waals surface area contributed by atoms with Crippen molar-refractivity contribution in [3.05, 3.63) is 71.9 Å². The largest absolute Gasteiger partial charge is 0.368 e. The number of nitrogens with one attached hydrogen (secondary N) is 2. The average molecular weight is 293 g/mol. The molecular weight excluding hydrogens is 278 g/mol. The van der Waals surface area contributed by atoms with Crippen molar-refractivity contribution in [3.8, 4) is 0 Å². The van der Waals surface area contributed by atoms with Crippen molar-refractivity contribution in [1.82, 2.24) is 10.3 Å². The second-order valence-electron chi connectivity index (χ2n) is 4.99. The van der Waals surface area contributed by atoms with Crippen LogP contribution >= 0.6 is 0 Å². The van der Waals surface area contributed by atoms with Crippen LogP contribution in [0.25, 0.3) is 10.9 Å². The molecule has 5 heteroatoms. The number of carbonyl (C=O) groups is 2. The summed E-state index contributed by atoms with van der Waals surface area (Å²) < 4.78 is 0. The molecule has 0 spiro atoms. The summed E-state index contributed by atoms with van der Waals surface area (Å²) in [5.41, 5.74) is 7.31. The van der Waals surface area contributed by atoms with Gasteiger partial charge in [0.05, 0.1) is 0 Å². The summed E-state index contributed by atoms with van der Waals surface area (Å²) in [6, 6.07) is 17.4. The van der Waals surface area contributed by atoms with Crippen molar-refractivity contribution in [2.24, 2.45) is 5.73 Å². The van der Waals surface area contributed by atoms with Gasteiger partial charge in [-0.15, -0.1) is 0 Å². The number of aromatic amines is 1. The quantitative estimate of drug-likeness (QED) is 0.688. The fraction of sp³-hybridized carbons (Fsp3) is 0.0588. The maximum Gasteiger partial charge on any atom is 0.268 e. The van der Waals surface area contributed by atoms with Gasteiger partial charge in [-0.05, 0) is 17.7 Å². The summed E-state index contributed by atoms with van der Waals surface area (Å²) in [5, 5.41) is 3.60. The number of para-hydroxylation sites is 1. The second kappa shape index (κ2) is 5.73. The highest BCUT2D eigenvalue weighted by Gasteiger charge is 2.21. The summed E-state index contributed by atoms with van der Waals surface area (Å²) in [6.07, 6.45) is 0. The van der Waals surface area contributed by atoms with Gasteiger partial charge in [0, 0.05) is 10.9 Å². The molecule has 3 aromatic rings. The number of fused-ring (bicyclic) bond motifs is 1. The Kier molecular flexibility index (Phi) is 3.62. The zero-order valence-electron chi connectivity index (χ0n) is 11.7. The number of H-pyrrole nitrogens is 1. The fourth-order valence-electron chi connectivity index (χ4n) is 2.37. The van der Waals surface area contributed by atoms with Crippen LogP contribution in [0.1, 0.15) is 22.1 Å². The number of amides is 2.